The van der Waals surface area contributed by atoms with E-state index in [1.165, 1.54) is 30.9 Å². The smallest absolute Gasteiger partial charge is 0.261 e. The number of ether oxygens (including phenoxy) is 1. The summed E-state index contributed by atoms with van der Waals surface area (Å²) in [5.41, 5.74) is 2.16. The first-order valence-electron chi connectivity index (χ1n) is 17.3. The molecule has 11 heteroatoms. The van der Waals surface area contributed by atoms with E-state index in [4.69, 9.17) is 14.7 Å². The van der Waals surface area contributed by atoms with E-state index in [0.29, 0.717) is 62.8 Å². The maximum absolute atomic E-state index is 14.8. The number of methoxy groups -OCH3 is 1. The van der Waals surface area contributed by atoms with Crippen molar-refractivity contribution in [2.45, 2.75) is 72.0 Å². The number of halogens is 1. The van der Waals surface area contributed by atoms with Gasteiger partial charge < -0.3 is 20.3 Å². The Morgan fingerprint density at radius 3 is 2.79 bits per heavy atom. The Balaban J connectivity index is 1.22. The molecule has 9 nitrogen and oxygen atoms in total. The Labute approximate surface area is 285 Å². The second kappa shape index (κ2) is 13.2. The molecule has 0 spiro atoms. The second-order valence-electron chi connectivity index (χ2n) is 14.3. The number of aromatic nitrogens is 3. The van der Waals surface area contributed by atoms with Crippen LogP contribution in [0.25, 0.3) is 21.7 Å². The highest BCUT2D eigenvalue weighted by atomic mass is 32.1. The first-order valence-corrected chi connectivity index (χ1v) is 18.1. The van der Waals surface area contributed by atoms with Crippen molar-refractivity contribution in [3.05, 3.63) is 69.7 Å². The number of thiazole rings is 1. The molecular formula is C37H46FN7O2S. The second-order valence-corrected chi connectivity index (χ2v) is 15.2. The SMILES string of the molecule is CC[C@H]1CN(C(=N[C@H]2C[C@H]3C[C@@H]([C@@H]2C)C3(C)C)Nc2ccc3c(=O)n(CCc4ccc(OC)cc4F)c(-c4nccs4)nc3c2)CCN1. The fraction of sp³-hybridized carbons (Fsp3) is 0.514. The van der Waals surface area contributed by atoms with Gasteiger partial charge in [0.15, 0.2) is 16.8 Å². The third-order valence-corrected chi connectivity index (χ3v) is 12.1. The molecule has 8 rings (SSSR count). The van der Waals surface area contributed by atoms with Crippen LogP contribution >= 0.6 is 11.3 Å². The van der Waals surface area contributed by atoms with Gasteiger partial charge in [0.05, 0.1) is 24.1 Å². The van der Waals surface area contributed by atoms with Gasteiger partial charge in [0.2, 0.25) is 0 Å². The Bertz CT molecular complexity index is 1870. The van der Waals surface area contributed by atoms with Crippen LogP contribution in [0.2, 0.25) is 0 Å². The summed E-state index contributed by atoms with van der Waals surface area (Å²) in [4.78, 5) is 31.3. The van der Waals surface area contributed by atoms with E-state index < -0.39 is 0 Å². The highest BCUT2D eigenvalue weighted by molar-refractivity contribution is 7.13. The monoisotopic (exact) mass is 671 g/mol. The minimum atomic E-state index is -0.363. The number of nitrogens with zero attached hydrogens (tertiary/aromatic N) is 5. The average Bonchev–Trinajstić information content (AvgIpc) is 3.63. The van der Waals surface area contributed by atoms with E-state index in [0.717, 1.165) is 50.0 Å². The minimum absolute atomic E-state index is 0.176. The van der Waals surface area contributed by atoms with Crippen LogP contribution in [0.1, 0.15) is 52.5 Å². The van der Waals surface area contributed by atoms with E-state index in [9.17, 15) is 9.18 Å². The zero-order chi connectivity index (χ0) is 33.6. The van der Waals surface area contributed by atoms with Gasteiger partial charge in [0.25, 0.3) is 5.56 Å². The van der Waals surface area contributed by atoms with Crippen LogP contribution < -0.4 is 20.9 Å². The van der Waals surface area contributed by atoms with Gasteiger partial charge in [0, 0.05) is 55.6 Å². The lowest BCUT2D eigenvalue weighted by Crippen LogP contribution is -2.57. The summed E-state index contributed by atoms with van der Waals surface area (Å²) in [7, 11) is 1.51. The Hall–Kier alpha value is -3.83. The molecular weight excluding hydrogens is 626 g/mol. The molecule has 1 aliphatic heterocycles. The van der Waals surface area contributed by atoms with E-state index in [2.05, 4.69) is 48.2 Å². The van der Waals surface area contributed by atoms with Crippen LogP contribution in [0.4, 0.5) is 10.1 Å². The van der Waals surface area contributed by atoms with Crippen molar-refractivity contribution in [3.8, 4) is 16.6 Å². The first-order chi connectivity index (χ1) is 23.2. The number of fused-ring (bicyclic) bond motifs is 3. The van der Waals surface area contributed by atoms with Crippen molar-refractivity contribution in [2.75, 3.05) is 32.1 Å². The Kier molecular flexibility index (Phi) is 9.02. The molecule has 3 saturated carbocycles. The maximum Gasteiger partial charge on any atom is 0.261 e. The van der Waals surface area contributed by atoms with Crippen LogP contribution in [-0.2, 0) is 13.0 Å². The third kappa shape index (κ3) is 6.11. The van der Waals surface area contributed by atoms with Gasteiger partial charge in [-0.05, 0) is 78.7 Å². The summed E-state index contributed by atoms with van der Waals surface area (Å²) in [5, 5.41) is 10.3. The van der Waals surface area contributed by atoms with Crippen molar-refractivity contribution in [3.63, 3.8) is 0 Å². The van der Waals surface area contributed by atoms with Crippen LogP contribution in [-0.4, -0.2) is 64.2 Å². The lowest BCUT2D eigenvalue weighted by atomic mass is 9.45. The molecule has 2 N–H and O–H groups in total. The summed E-state index contributed by atoms with van der Waals surface area (Å²) >= 11 is 1.42. The van der Waals surface area contributed by atoms with Crippen LogP contribution in [0.3, 0.4) is 0 Å². The third-order valence-electron chi connectivity index (χ3n) is 11.3. The number of aryl methyl sites for hydroxylation is 1. The number of anilines is 1. The van der Waals surface area contributed by atoms with Gasteiger partial charge in [-0.15, -0.1) is 11.3 Å². The largest absolute Gasteiger partial charge is 0.497 e. The number of nitrogens with one attached hydrogen (secondary N) is 2. The van der Waals surface area contributed by atoms with E-state index in [1.807, 2.05) is 23.6 Å². The number of benzene rings is 2. The summed E-state index contributed by atoms with van der Waals surface area (Å²) in [6.45, 7) is 12.4. The lowest BCUT2D eigenvalue weighted by Gasteiger charge is -2.61. The molecule has 2 aromatic heterocycles. The van der Waals surface area contributed by atoms with Gasteiger partial charge in [-0.1, -0.05) is 33.8 Å². The molecule has 1 saturated heterocycles. The topological polar surface area (TPSA) is 96.7 Å². The maximum atomic E-state index is 14.8. The molecule has 2 aromatic carbocycles. The van der Waals surface area contributed by atoms with Gasteiger partial charge in [0.1, 0.15) is 11.6 Å². The summed E-state index contributed by atoms with van der Waals surface area (Å²) in [6.07, 6.45) is 5.52. The number of rotatable bonds is 8. The molecule has 0 radical (unpaired) electrons. The molecule has 4 aromatic rings. The van der Waals surface area contributed by atoms with E-state index in [-0.39, 0.29) is 24.0 Å². The summed E-state index contributed by atoms with van der Waals surface area (Å²) < 4.78 is 21.6. The zero-order valence-electron chi connectivity index (χ0n) is 28.5. The first kappa shape index (κ1) is 32.7. The Morgan fingerprint density at radius 2 is 2.08 bits per heavy atom. The number of hydrogen-bond acceptors (Lipinski definition) is 7. The van der Waals surface area contributed by atoms with Crippen LogP contribution in [0.15, 0.2) is 57.8 Å². The molecule has 0 amide bonds. The Morgan fingerprint density at radius 1 is 1.23 bits per heavy atom. The van der Waals surface area contributed by atoms with Crippen LogP contribution in [0, 0.1) is 29.0 Å². The van der Waals surface area contributed by atoms with Crippen molar-refractivity contribution in [1.82, 2.24) is 24.8 Å². The predicted octanol–water partition coefficient (Wildman–Crippen LogP) is 6.43. The summed E-state index contributed by atoms with van der Waals surface area (Å²) in [5.74, 6) is 3.42. The lowest BCUT2D eigenvalue weighted by molar-refractivity contribution is -0.108. The van der Waals surface area contributed by atoms with Crippen molar-refractivity contribution in [2.24, 2.45) is 28.2 Å². The summed E-state index contributed by atoms with van der Waals surface area (Å²) in [6, 6.07) is 11.2. The fourth-order valence-corrected chi connectivity index (χ4v) is 8.79. The van der Waals surface area contributed by atoms with Gasteiger partial charge in [-0.3, -0.25) is 9.36 Å². The molecule has 5 atom stereocenters. The molecule has 48 heavy (non-hydrogen) atoms. The molecule has 0 unspecified atom stereocenters. The molecule has 3 aliphatic carbocycles. The van der Waals surface area contributed by atoms with Gasteiger partial charge in [-0.25, -0.2) is 19.4 Å². The number of piperazine rings is 1. The zero-order valence-corrected chi connectivity index (χ0v) is 29.3. The molecule has 254 valence electrons. The van der Waals surface area contributed by atoms with Crippen LogP contribution in [0.5, 0.6) is 5.75 Å². The molecule has 3 heterocycles. The molecule has 4 fully saturated rings. The van der Waals surface area contributed by atoms with Crippen molar-refractivity contribution >= 4 is 33.9 Å². The van der Waals surface area contributed by atoms with Crippen molar-refractivity contribution in [1.29, 1.82) is 0 Å². The van der Waals surface area contributed by atoms with E-state index in [1.54, 1.807) is 22.9 Å². The fourth-order valence-electron chi connectivity index (χ4n) is 8.16. The highest BCUT2D eigenvalue weighted by Gasteiger charge is 2.56. The molecule has 2 bridgehead atoms. The average molecular weight is 672 g/mol. The minimum Gasteiger partial charge on any atom is -0.497 e. The number of guanidine groups is 1. The number of hydrogen-bond donors (Lipinski definition) is 2. The van der Waals surface area contributed by atoms with Crippen molar-refractivity contribution < 1.29 is 9.13 Å². The van der Waals surface area contributed by atoms with Gasteiger partial charge >= 0.3 is 0 Å². The van der Waals surface area contributed by atoms with E-state index >= 15 is 0 Å². The highest BCUT2D eigenvalue weighted by Crippen LogP contribution is 2.61. The quantitative estimate of drug-likeness (QED) is 0.165. The standard InChI is InChI=1S/C37H46FN7O2S/c1-6-25-21-44(15-12-39-25)36(43-31-18-24-17-29(22(31)2)37(24,3)4)41-26-8-10-28-32(19-26)42-33(34-40-13-16-48-34)45(35(28)46)14-11-23-7-9-27(47-5)20-30(23)38/h7-10,13,16,19-20,22,24-25,29,31,39H,6,11-12,14-15,17-18,21H2,1-5H3,(H,41,43)/t22-,24+,25-,29-,31-/m0/s1. The number of aliphatic imine (C=N–C) groups is 1. The normalized spacial score (nSPS) is 25.2. The predicted molar refractivity (Wildman–Crippen MR) is 191 cm³/mol. The van der Waals surface area contributed by atoms with Gasteiger partial charge in [-0.2, -0.15) is 0 Å². The molecule has 4 aliphatic rings.